The molecule has 1 heterocycles. The Labute approximate surface area is 109 Å². The van der Waals surface area contributed by atoms with Gasteiger partial charge in [0.05, 0.1) is 5.56 Å². The zero-order chi connectivity index (χ0) is 13.6. The first-order valence-electron chi connectivity index (χ1n) is 5.65. The van der Waals surface area contributed by atoms with E-state index in [9.17, 15) is 13.2 Å². The molecule has 0 amide bonds. The zero-order valence-corrected chi connectivity index (χ0v) is 10.8. The van der Waals surface area contributed by atoms with Gasteiger partial charge in [0.1, 0.15) is 5.82 Å². The first-order valence-corrected chi connectivity index (χ1v) is 6.09. The normalized spacial score (nSPS) is 26.6. The Bertz CT molecular complexity index is 428. The SMILES string of the molecule is CC1(C)C(Cl)CC1Nc1ccc(C(F)(F)F)cn1. The summed E-state index contributed by atoms with van der Waals surface area (Å²) in [5.74, 6) is 0.449. The average Bonchev–Trinajstić information content (AvgIpc) is 2.28. The molecule has 2 nitrogen and oxygen atoms in total. The molecule has 1 aromatic heterocycles. The lowest BCUT2D eigenvalue weighted by Gasteiger charge is -2.49. The number of hydrogen-bond acceptors (Lipinski definition) is 2. The Kier molecular flexibility index (Phi) is 3.21. The lowest BCUT2D eigenvalue weighted by atomic mass is 9.67. The molecule has 1 aromatic rings. The highest BCUT2D eigenvalue weighted by molar-refractivity contribution is 6.21. The number of nitrogens with one attached hydrogen (secondary N) is 1. The lowest BCUT2D eigenvalue weighted by molar-refractivity contribution is -0.137. The average molecular weight is 279 g/mol. The van der Waals surface area contributed by atoms with Crippen LogP contribution in [0, 0.1) is 5.41 Å². The molecule has 1 aliphatic carbocycles. The summed E-state index contributed by atoms with van der Waals surface area (Å²) < 4.78 is 37.1. The van der Waals surface area contributed by atoms with E-state index in [-0.39, 0.29) is 16.8 Å². The number of aromatic nitrogens is 1. The van der Waals surface area contributed by atoms with E-state index in [1.54, 1.807) is 0 Å². The van der Waals surface area contributed by atoms with E-state index in [2.05, 4.69) is 10.3 Å². The van der Waals surface area contributed by atoms with Crippen molar-refractivity contribution in [3.63, 3.8) is 0 Å². The van der Waals surface area contributed by atoms with Crippen molar-refractivity contribution in [1.82, 2.24) is 4.98 Å². The van der Waals surface area contributed by atoms with Gasteiger partial charge >= 0.3 is 6.18 Å². The number of halogens is 4. The van der Waals surface area contributed by atoms with E-state index in [4.69, 9.17) is 11.6 Å². The Morgan fingerprint density at radius 1 is 1.39 bits per heavy atom. The Morgan fingerprint density at radius 3 is 2.44 bits per heavy atom. The van der Waals surface area contributed by atoms with Crippen LogP contribution in [-0.4, -0.2) is 16.4 Å². The highest BCUT2D eigenvalue weighted by atomic mass is 35.5. The molecule has 2 atom stereocenters. The van der Waals surface area contributed by atoms with Crippen LogP contribution in [0.5, 0.6) is 0 Å². The first-order chi connectivity index (χ1) is 8.21. The summed E-state index contributed by atoms with van der Waals surface area (Å²) >= 11 is 6.08. The number of pyridine rings is 1. The van der Waals surface area contributed by atoms with E-state index < -0.39 is 11.7 Å². The molecule has 0 saturated heterocycles. The Hall–Kier alpha value is -0.970. The summed E-state index contributed by atoms with van der Waals surface area (Å²) in [7, 11) is 0. The second-order valence-electron chi connectivity index (χ2n) is 5.15. The van der Waals surface area contributed by atoms with Crippen LogP contribution in [0.2, 0.25) is 0 Å². The third-order valence-corrected chi connectivity index (χ3v) is 4.30. The van der Waals surface area contributed by atoms with Crippen LogP contribution in [0.3, 0.4) is 0 Å². The van der Waals surface area contributed by atoms with Crippen molar-refractivity contribution in [2.24, 2.45) is 5.41 Å². The van der Waals surface area contributed by atoms with Crippen molar-refractivity contribution in [3.8, 4) is 0 Å². The van der Waals surface area contributed by atoms with Crippen LogP contribution >= 0.6 is 11.6 Å². The van der Waals surface area contributed by atoms with Crippen LogP contribution < -0.4 is 5.32 Å². The highest BCUT2D eigenvalue weighted by Crippen LogP contribution is 2.45. The molecular weight excluding hydrogens is 265 g/mol. The van der Waals surface area contributed by atoms with Crippen molar-refractivity contribution in [3.05, 3.63) is 23.9 Å². The minimum atomic E-state index is -4.34. The molecule has 0 aromatic carbocycles. The summed E-state index contributed by atoms with van der Waals surface area (Å²) in [6.45, 7) is 4.05. The van der Waals surface area contributed by atoms with E-state index in [0.29, 0.717) is 5.82 Å². The minimum Gasteiger partial charge on any atom is -0.367 e. The van der Waals surface area contributed by atoms with Gasteiger partial charge in [0, 0.05) is 23.0 Å². The topological polar surface area (TPSA) is 24.9 Å². The van der Waals surface area contributed by atoms with Crippen molar-refractivity contribution in [1.29, 1.82) is 0 Å². The highest BCUT2D eigenvalue weighted by Gasteiger charge is 2.47. The predicted molar refractivity (Wildman–Crippen MR) is 64.7 cm³/mol. The van der Waals surface area contributed by atoms with E-state index in [1.807, 2.05) is 13.8 Å². The fraction of sp³-hybridized carbons (Fsp3) is 0.583. The summed E-state index contributed by atoms with van der Waals surface area (Å²) in [5, 5.41) is 3.20. The van der Waals surface area contributed by atoms with Crippen molar-refractivity contribution >= 4 is 17.4 Å². The van der Waals surface area contributed by atoms with Crippen molar-refractivity contribution < 1.29 is 13.2 Å². The number of nitrogens with zero attached hydrogens (tertiary/aromatic N) is 1. The van der Waals surface area contributed by atoms with Gasteiger partial charge in [-0.15, -0.1) is 11.6 Å². The molecule has 1 saturated carbocycles. The van der Waals surface area contributed by atoms with Gasteiger partial charge in [-0.3, -0.25) is 0 Å². The minimum absolute atomic E-state index is 0.0774. The maximum absolute atomic E-state index is 12.4. The van der Waals surface area contributed by atoms with Crippen molar-refractivity contribution in [2.75, 3.05) is 5.32 Å². The second-order valence-corrected chi connectivity index (χ2v) is 5.68. The number of rotatable bonds is 2. The number of hydrogen-bond donors (Lipinski definition) is 1. The molecule has 0 aliphatic heterocycles. The van der Waals surface area contributed by atoms with Crippen LogP contribution in [0.15, 0.2) is 18.3 Å². The lowest BCUT2D eigenvalue weighted by Crippen LogP contribution is -2.54. The molecule has 0 radical (unpaired) electrons. The molecule has 2 rings (SSSR count). The Morgan fingerprint density at radius 2 is 2.06 bits per heavy atom. The molecule has 0 spiro atoms. The molecule has 0 bridgehead atoms. The summed E-state index contributed by atoms with van der Waals surface area (Å²) in [6.07, 6.45) is -2.72. The maximum atomic E-state index is 12.4. The molecule has 2 unspecified atom stereocenters. The third kappa shape index (κ3) is 2.41. The van der Waals surface area contributed by atoms with Crippen LogP contribution in [0.4, 0.5) is 19.0 Å². The van der Waals surface area contributed by atoms with Gasteiger partial charge < -0.3 is 5.32 Å². The predicted octanol–water partition coefficient (Wildman–Crippen LogP) is 3.92. The monoisotopic (exact) mass is 278 g/mol. The molecule has 1 N–H and O–H groups in total. The van der Waals surface area contributed by atoms with Gasteiger partial charge in [0.25, 0.3) is 0 Å². The van der Waals surface area contributed by atoms with Gasteiger partial charge in [0.15, 0.2) is 0 Å². The standard InChI is InChI=1S/C12H14ClF3N2/c1-11(2)8(13)5-9(11)18-10-4-3-7(6-17-10)12(14,15)16/h3-4,6,8-9H,5H2,1-2H3,(H,17,18). The molecule has 100 valence electrons. The summed E-state index contributed by atoms with van der Waals surface area (Å²) in [6, 6.07) is 2.52. The molecule has 6 heteroatoms. The third-order valence-electron chi connectivity index (χ3n) is 3.56. The largest absolute Gasteiger partial charge is 0.417 e. The second kappa shape index (κ2) is 4.30. The quantitative estimate of drug-likeness (QED) is 0.830. The van der Waals surface area contributed by atoms with Crippen molar-refractivity contribution in [2.45, 2.75) is 37.9 Å². The smallest absolute Gasteiger partial charge is 0.367 e. The molecule has 1 fully saturated rings. The summed E-state index contributed by atoms with van der Waals surface area (Å²) in [5.41, 5.74) is -0.817. The Balaban J connectivity index is 2.04. The zero-order valence-electron chi connectivity index (χ0n) is 10.1. The fourth-order valence-corrected chi connectivity index (χ4v) is 2.27. The maximum Gasteiger partial charge on any atom is 0.417 e. The molecule has 1 aliphatic rings. The van der Waals surface area contributed by atoms with E-state index >= 15 is 0 Å². The number of alkyl halides is 4. The fourth-order valence-electron chi connectivity index (χ4n) is 1.94. The van der Waals surface area contributed by atoms with Gasteiger partial charge in [-0.1, -0.05) is 13.8 Å². The number of anilines is 1. The van der Waals surface area contributed by atoms with E-state index in [1.165, 1.54) is 6.07 Å². The van der Waals surface area contributed by atoms with E-state index in [0.717, 1.165) is 18.7 Å². The summed E-state index contributed by atoms with van der Waals surface area (Å²) in [4.78, 5) is 3.78. The van der Waals surface area contributed by atoms with Crippen LogP contribution in [0.1, 0.15) is 25.8 Å². The first kappa shape index (κ1) is 13.5. The van der Waals surface area contributed by atoms with Gasteiger partial charge in [-0.2, -0.15) is 13.2 Å². The van der Waals surface area contributed by atoms with Crippen LogP contribution in [-0.2, 0) is 6.18 Å². The molecule has 18 heavy (non-hydrogen) atoms. The molecular formula is C12H14ClF3N2. The van der Waals surface area contributed by atoms with Gasteiger partial charge in [-0.25, -0.2) is 4.98 Å². The van der Waals surface area contributed by atoms with Gasteiger partial charge in [-0.05, 0) is 18.6 Å². The van der Waals surface area contributed by atoms with Crippen LogP contribution in [0.25, 0.3) is 0 Å². The van der Waals surface area contributed by atoms with Gasteiger partial charge in [0.2, 0.25) is 0 Å².